The molecule has 0 aliphatic heterocycles. The molecule has 128 valence electrons. The number of Topliss-reactive ketones (excluding diaryl/α,β-unsaturated/α-hetero) is 1. The summed E-state index contributed by atoms with van der Waals surface area (Å²) in [6.07, 6.45) is 4.77. The number of rotatable bonds is 7. The Labute approximate surface area is 138 Å². The lowest BCUT2D eigenvalue weighted by molar-refractivity contribution is 0.0864. The van der Waals surface area contributed by atoms with Gasteiger partial charge in [0.15, 0.2) is 17.3 Å². The molecule has 1 aliphatic carbocycles. The molecule has 1 aromatic carbocycles. The Morgan fingerprint density at radius 3 is 2.48 bits per heavy atom. The molecule has 4 nitrogen and oxygen atoms in total. The first-order valence-corrected chi connectivity index (χ1v) is 8.55. The number of aliphatic hydroxyl groups excluding tert-OH is 1. The van der Waals surface area contributed by atoms with Crippen LogP contribution in [0.5, 0.6) is 11.5 Å². The van der Waals surface area contributed by atoms with E-state index < -0.39 is 0 Å². The predicted octanol–water partition coefficient (Wildman–Crippen LogP) is 3.85. The standard InChI is InChI=1S/C19H28O4/c1-13(2)23-18-12-16(8-9-17(18)22-3)19(21)15-6-4-14(5-7-15)10-11-20/h8-9,12-15,20H,4-7,10-11H2,1-3H3. The second kappa shape index (κ2) is 8.34. The largest absolute Gasteiger partial charge is 0.493 e. The van der Waals surface area contributed by atoms with E-state index in [9.17, 15) is 4.79 Å². The summed E-state index contributed by atoms with van der Waals surface area (Å²) in [4.78, 5) is 12.8. The monoisotopic (exact) mass is 320 g/mol. The Balaban J connectivity index is 2.07. The minimum absolute atomic E-state index is 0.0307. The molecule has 0 radical (unpaired) electrons. The number of aliphatic hydroxyl groups is 1. The normalized spacial score (nSPS) is 21.3. The van der Waals surface area contributed by atoms with Gasteiger partial charge in [-0.2, -0.15) is 0 Å². The summed E-state index contributed by atoms with van der Waals surface area (Å²) in [6, 6.07) is 5.44. The number of ketones is 1. The van der Waals surface area contributed by atoms with Gasteiger partial charge in [0.1, 0.15) is 0 Å². The zero-order valence-corrected chi connectivity index (χ0v) is 14.4. The number of hydrogen-bond donors (Lipinski definition) is 1. The SMILES string of the molecule is COc1ccc(C(=O)C2CCC(CCO)CC2)cc1OC(C)C. The number of benzene rings is 1. The van der Waals surface area contributed by atoms with Gasteiger partial charge in [-0.1, -0.05) is 0 Å². The van der Waals surface area contributed by atoms with E-state index >= 15 is 0 Å². The van der Waals surface area contributed by atoms with E-state index in [0.29, 0.717) is 23.0 Å². The fraction of sp³-hybridized carbons (Fsp3) is 0.632. The van der Waals surface area contributed by atoms with Gasteiger partial charge in [0.05, 0.1) is 13.2 Å². The van der Waals surface area contributed by atoms with E-state index in [1.165, 1.54) is 0 Å². The van der Waals surface area contributed by atoms with Crippen LogP contribution >= 0.6 is 0 Å². The molecule has 1 fully saturated rings. The van der Waals surface area contributed by atoms with Crippen LogP contribution < -0.4 is 9.47 Å². The Morgan fingerprint density at radius 2 is 1.91 bits per heavy atom. The predicted molar refractivity (Wildman–Crippen MR) is 90.2 cm³/mol. The van der Waals surface area contributed by atoms with Gasteiger partial charge in [0, 0.05) is 18.1 Å². The highest BCUT2D eigenvalue weighted by Crippen LogP contribution is 2.35. The van der Waals surface area contributed by atoms with E-state index in [-0.39, 0.29) is 24.4 Å². The number of methoxy groups -OCH3 is 1. The first-order chi connectivity index (χ1) is 11.0. The van der Waals surface area contributed by atoms with Gasteiger partial charge in [0.25, 0.3) is 0 Å². The molecule has 0 bridgehead atoms. The summed E-state index contributed by atoms with van der Waals surface area (Å²) in [5, 5.41) is 9.03. The van der Waals surface area contributed by atoms with E-state index in [1.807, 2.05) is 26.0 Å². The molecule has 1 aromatic rings. The van der Waals surface area contributed by atoms with Gasteiger partial charge in [-0.15, -0.1) is 0 Å². The van der Waals surface area contributed by atoms with Crippen molar-refractivity contribution >= 4 is 5.78 Å². The van der Waals surface area contributed by atoms with Crippen LogP contribution in [0.3, 0.4) is 0 Å². The van der Waals surface area contributed by atoms with E-state index in [4.69, 9.17) is 14.6 Å². The van der Waals surface area contributed by atoms with E-state index in [2.05, 4.69) is 0 Å². The third-order valence-electron chi connectivity index (χ3n) is 4.57. The third kappa shape index (κ3) is 4.71. The van der Waals surface area contributed by atoms with Crippen molar-refractivity contribution < 1.29 is 19.4 Å². The van der Waals surface area contributed by atoms with Crippen LogP contribution in [0.4, 0.5) is 0 Å². The topological polar surface area (TPSA) is 55.8 Å². The highest BCUT2D eigenvalue weighted by Gasteiger charge is 2.27. The lowest BCUT2D eigenvalue weighted by atomic mass is 9.77. The minimum Gasteiger partial charge on any atom is -0.493 e. The average molecular weight is 320 g/mol. The first kappa shape index (κ1) is 17.8. The Morgan fingerprint density at radius 1 is 1.22 bits per heavy atom. The van der Waals surface area contributed by atoms with Gasteiger partial charge >= 0.3 is 0 Å². The maximum absolute atomic E-state index is 12.8. The first-order valence-electron chi connectivity index (χ1n) is 8.55. The molecule has 0 atom stereocenters. The zero-order valence-electron chi connectivity index (χ0n) is 14.4. The van der Waals surface area contributed by atoms with Crippen molar-refractivity contribution in [1.82, 2.24) is 0 Å². The summed E-state index contributed by atoms with van der Waals surface area (Å²) in [6.45, 7) is 4.16. The van der Waals surface area contributed by atoms with E-state index in [1.54, 1.807) is 13.2 Å². The van der Waals surface area contributed by atoms with Crippen molar-refractivity contribution in [2.45, 2.75) is 52.1 Å². The number of hydrogen-bond acceptors (Lipinski definition) is 4. The summed E-state index contributed by atoms with van der Waals surface area (Å²) < 4.78 is 11.1. The van der Waals surface area contributed by atoms with E-state index in [0.717, 1.165) is 32.1 Å². The lowest BCUT2D eigenvalue weighted by Gasteiger charge is -2.27. The summed E-state index contributed by atoms with van der Waals surface area (Å²) in [7, 11) is 1.60. The summed E-state index contributed by atoms with van der Waals surface area (Å²) in [5.41, 5.74) is 0.701. The smallest absolute Gasteiger partial charge is 0.166 e. The molecule has 0 heterocycles. The van der Waals surface area contributed by atoms with Crippen LogP contribution in [0.25, 0.3) is 0 Å². The maximum atomic E-state index is 12.8. The quantitative estimate of drug-likeness (QED) is 0.775. The van der Waals surface area contributed by atoms with Crippen LogP contribution in [-0.4, -0.2) is 30.7 Å². The molecule has 1 N–H and O–H groups in total. The Kier molecular flexibility index (Phi) is 6.46. The molecule has 0 saturated heterocycles. The second-order valence-corrected chi connectivity index (χ2v) is 6.63. The van der Waals surface area contributed by atoms with Gasteiger partial charge in [0.2, 0.25) is 0 Å². The maximum Gasteiger partial charge on any atom is 0.166 e. The minimum atomic E-state index is 0.0307. The second-order valence-electron chi connectivity index (χ2n) is 6.63. The van der Waals surface area contributed by atoms with Crippen molar-refractivity contribution in [3.63, 3.8) is 0 Å². The number of ether oxygens (including phenoxy) is 2. The molecule has 4 heteroatoms. The molecule has 1 saturated carbocycles. The molecule has 23 heavy (non-hydrogen) atoms. The van der Waals surface area contributed by atoms with Gasteiger partial charge in [-0.3, -0.25) is 4.79 Å². The summed E-state index contributed by atoms with van der Waals surface area (Å²) >= 11 is 0. The molecule has 0 aromatic heterocycles. The summed E-state index contributed by atoms with van der Waals surface area (Å²) in [5.74, 6) is 2.14. The molecular formula is C19H28O4. The van der Waals surface area contributed by atoms with Crippen molar-refractivity contribution in [3.8, 4) is 11.5 Å². The molecule has 2 rings (SSSR count). The Bertz CT molecular complexity index is 516. The van der Waals surface area contributed by atoms with Crippen LogP contribution in [0, 0.1) is 11.8 Å². The van der Waals surface area contributed by atoms with Gasteiger partial charge in [-0.25, -0.2) is 0 Å². The van der Waals surface area contributed by atoms with Crippen LogP contribution in [0.15, 0.2) is 18.2 Å². The number of carbonyl (C=O) groups excluding carboxylic acids is 1. The zero-order chi connectivity index (χ0) is 16.8. The lowest BCUT2D eigenvalue weighted by Crippen LogP contribution is -2.22. The Hall–Kier alpha value is -1.55. The average Bonchev–Trinajstić information content (AvgIpc) is 2.54. The van der Waals surface area contributed by atoms with Crippen molar-refractivity contribution in [2.24, 2.45) is 11.8 Å². The van der Waals surface area contributed by atoms with Crippen LogP contribution in [0.1, 0.15) is 56.3 Å². The third-order valence-corrected chi connectivity index (χ3v) is 4.57. The van der Waals surface area contributed by atoms with Crippen LogP contribution in [0.2, 0.25) is 0 Å². The van der Waals surface area contributed by atoms with Crippen LogP contribution in [-0.2, 0) is 0 Å². The van der Waals surface area contributed by atoms with Gasteiger partial charge in [-0.05, 0) is 70.1 Å². The fourth-order valence-electron chi connectivity index (χ4n) is 3.31. The fourth-order valence-corrected chi connectivity index (χ4v) is 3.31. The molecular weight excluding hydrogens is 292 g/mol. The molecule has 1 aliphatic rings. The number of carbonyl (C=O) groups is 1. The molecule has 0 unspecified atom stereocenters. The van der Waals surface area contributed by atoms with Crippen molar-refractivity contribution in [3.05, 3.63) is 23.8 Å². The van der Waals surface area contributed by atoms with Gasteiger partial charge < -0.3 is 14.6 Å². The van der Waals surface area contributed by atoms with Crippen molar-refractivity contribution in [2.75, 3.05) is 13.7 Å². The van der Waals surface area contributed by atoms with Crippen molar-refractivity contribution in [1.29, 1.82) is 0 Å². The molecule has 0 amide bonds. The highest BCUT2D eigenvalue weighted by molar-refractivity contribution is 5.98. The molecule has 0 spiro atoms. The highest BCUT2D eigenvalue weighted by atomic mass is 16.5.